The Kier molecular flexibility index (Phi) is 8.10. The fourth-order valence-electron chi connectivity index (χ4n) is 2.44. The van der Waals surface area contributed by atoms with Gasteiger partial charge in [0.15, 0.2) is 0 Å². The number of rotatable bonds is 5. The summed E-state index contributed by atoms with van der Waals surface area (Å²) in [4.78, 5) is 9.37. The number of benzene rings is 2. The Balaban J connectivity index is 0.000000646. The third kappa shape index (κ3) is 7.47. The number of phenols is 1. The van der Waals surface area contributed by atoms with Gasteiger partial charge in [0.25, 0.3) is 0 Å². The standard InChI is InChI=1S/C19H26O2Si.C3H6O2/c1-19(2,3)17-13-15(11-12-18(17)20)21-14-22(4,5)16-9-7-6-8-10-16;1-2-3(4)5/h6-13,20H,14H2,1-5H3;2H2,1H3,(H,4,5). The largest absolute Gasteiger partial charge is 0.508 e. The lowest BCUT2D eigenvalue weighted by Gasteiger charge is -2.25. The highest BCUT2D eigenvalue weighted by Gasteiger charge is 2.25. The van der Waals surface area contributed by atoms with Crippen molar-refractivity contribution in [2.24, 2.45) is 0 Å². The third-order valence-corrected chi connectivity index (χ3v) is 7.00. The fourth-order valence-corrected chi connectivity index (χ4v) is 4.23. The van der Waals surface area contributed by atoms with E-state index in [-0.39, 0.29) is 11.8 Å². The summed E-state index contributed by atoms with van der Waals surface area (Å²) in [6.07, 6.45) is 0.950. The van der Waals surface area contributed by atoms with E-state index in [1.807, 2.05) is 18.2 Å². The first-order chi connectivity index (χ1) is 12.5. The molecule has 0 unspecified atom stereocenters. The van der Waals surface area contributed by atoms with Crippen LogP contribution in [0.4, 0.5) is 0 Å². The Morgan fingerprint density at radius 3 is 2.11 bits per heavy atom. The van der Waals surface area contributed by atoms with Crippen molar-refractivity contribution in [3.63, 3.8) is 0 Å². The molecule has 0 spiro atoms. The molecule has 0 amide bonds. The summed E-state index contributed by atoms with van der Waals surface area (Å²) in [5, 5.41) is 19.1. The first-order valence-electron chi connectivity index (χ1n) is 9.21. The monoisotopic (exact) mass is 388 g/mol. The van der Waals surface area contributed by atoms with Crippen molar-refractivity contribution in [2.45, 2.75) is 52.6 Å². The Hall–Kier alpha value is -2.27. The molecular weight excluding hydrogens is 356 g/mol. The average molecular weight is 389 g/mol. The third-order valence-electron chi connectivity index (χ3n) is 4.23. The molecule has 0 atom stereocenters. The Bertz CT molecular complexity index is 734. The predicted molar refractivity (Wildman–Crippen MR) is 114 cm³/mol. The van der Waals surface area contributed by atoms with Crippen molar-refractivity contribution in [1.29, 1.82) is 0 Å². The molecule has 27 heavy (non-hydrogen) atoms. The second-order valence-electron chi connectivity index (χ2n) is 8.21. The Labute approximate surface area is 163 Å². The van der Waals surface area contributed by atoms with Crippen LogP contribution in [0.2, 0.25) is 13.1 Å². The topological polar surface area (TPSA) is 66.8 Å². The van der Waals surface area contributed by atoms with Gasteiger partial charge in [-0.3, -0.25) is 4.79 Å². The van der Waals surface area contributed by atoms with Crippen molar-refractivity contribution in [3.8, 4) is 11.5 Å². The summed E-state index contributed by atoms with van der Waals surface area (Å²) >= 11 is 0. The van der Waals surface area contributed by atoms with Crippen LogP contribution in [-0.2, 0) is 10.2 Å². The van der Waals surface area contributed by atoms with Crippen LogP contribution >= 0.6 is 0 Å². The maximum Gasteiger partial charge on any atom is 0.303 e. The molecule has 0 aromatic heterocycles. The van der Waals surface area contributed by atoms with Crippen molar-refractivity contribution < 1.29 is 19.7 Å². The van der Waals surface area contributed by atoms with Crippen LogP contribution in [0.1, 0.15) is 39.7 Å². The van der Waals surface area contributed by atoms with Gasteiger partial charge in [-0.1, -0.05) is 76.3 Å². The molecule has 0 bridgehead atoms. The molecule has 0 heterocycles. The van der Waals surface area contributed by atoms with Gasteiger partial charge in [0.05, 0.1) is 6.23 Å². The SMILES string of the molecule is CC(C)(C)c1cc(OC[Si](C)(C)c2ccccc2)ccc1O.CCC(=O)O. The smallest absolute Gasteiger partial charge is 0.303 e. The van der Waals surface area contributed by atoms with Crippen LogP contribution < -0.4 is 9.92 Å². The van der Waals surface area contributed by atoms with Gasteiger partial charge in [-0.05, 0) is 23.6 Å². The van der Waals surface area contributed by atoms with Crippen LogP contribution in [0, 0.1) is 0 Å². The molecule has 2 rings (SSSR count). The first-order valence-corrected chi connectivity index (χ1v) is 12.4. The molecule has 0 aliphatic heterocycles. The van der Waals surface area contributed by atoms with E-state index < -0.39 is 14.0 Å². The van der Waals surface area contributed by atoms with Gasteiger partial charge in [-0.2, -0.15) is 0 Å². The van der Waals surface area contributed by atoms with Crippen LogP contribution in [0.3, 0.4) is 0 Å². The zero-order valence-corrected chi connectivity index (χ0v) is 18.2. The van der Waals surface area contributed by atoms with Gasteiger partial charge < -0.3 is 14.9 Å². The van der Waals surface area contributed by atoms with Crippen LogP contribution in [0.15, 0.2) is 48.5 Å². The minimum atomic E-state index is -1.62. The van der Waals surface area contributed by atoms with Crippen molar-refractivity contribution >= 4 is 19.2 Å². The molecule has 0 aliphatic rings. The minimum absolute atomic E-state index is 0.101. The number of carboxylic acid groups (broad SMARTS) is 1. The summed E-state index contributed by atoms with van der Waals surface area (Å²) < 4.78 is 6.07. The lowest BCUT2D eigenvalue weighted by Crippen LogP contribution is -2.47. The number of ether oxygens (including phenoxy) is 1. The summed E-state index contributed by atoms with van der Waals surface area (Å²) in [5.41, 5.74) is 0.819. The number of hydrogen-bond acceptors (Lipinski definition) is 3. The number of aliphatic carboxylic acids is 1. The van der Waals surface area contributed by atoms with Gasteiger partial charge >= 0.3 is 5.97 Å². The van der Waals surface area contributed by atoms with E-state index in [1.165, 1.54) is 5.19 Å². The normalized spacial score (nSPS) is 11.3. The quantitative estimate of drug-likeness (QED) is 0.728. The molecule has 0 saturated carbocycles. The van der Waals surface area contributed by atoms with Gasteiger partial charge in [0, 0.05) is 12.0 Å². The molecular formula is C22H32O4Si. The van der Waals surface area contributed by atoms with Crippen LogP contribution in [0.5, 0.6) is 11.5 Å². The number of phenolic OH excluding ortho intramolecular Hbond substituents is 1. The Morgan fingerprint density at radius 2 is 1.63 bits per heavy atom. The number of carbonyl (C=O) groups is 1. The summed E-state index contributed by atoms with van der Waals surface area (Å²) in [5.74, 6) is 0.420. The number of hydrogen-bond donors (Lipinski definition) is 2. The van der Waals surface area contributed by atoms with E-state index >= 15 is 0 Å². The lowest BCUT2D eigenvalue weighted by molar-refractivity contribution is -0.136. The van der Waals surface area contributed by atoms with Gasteiger partial charge in [0.1, 0.15) is 19.6 Å². The number of carboxylic acids is 1. The molecule has 0 fully saturated rings. The van der Waals surface area contributed by atoms with E-state index in [9.17, 15) is 9.90 Å². The summed E-state index contributed by atoms with van der Waals surface area (Å²) in [6.45, 7) is 12.5. The lowest BCUT2D eigenvalue weighted by atomic mass is 9.86. The van der Waals surface area contributed by atoms with E-state index in [4.69, 9.17) is 9.84 Å². The molecule has 0 aliphatic carbocycles. The molecule has 5 heteroatoms. The maximum atomic E-state index is 10.0. The highest BCUT2D eigenvalue weighted by atomic mass is 28.3. The second kappa shape index (κ2) is 9.60. The van der Waals surface area contributed by atoms with E-state index in [1.54, 1.807) is 13.0 Å². The molecule has 4 nitrogen and oxygen atoms in total. The summed E-state index contributed by atoms with van der Waals surface area (Å²) in [6, 6.07) is 16.1. The minimum Gasteiger partial charge on any atom is -0.508 e. The fraction of sp³-hybridized carbons (Fsp3) is 0.409. The van der Waals surface area contributed by atoms with Crippen LogP contribution in [0.25, 0.3) is 0 Å². The average Bonchev–Trinajstić information content (AvgIpc) is 2.61. The molecule has 148 valence electrons. The summed E-state index contributed by atoms with van der Waals surface area (Å²) in [7, 11) is -1.62. The van der Waals surface area contributed by atoms with Gasteiger partial charge in [0.2, 0.25) is 0 Å². The van der Waals surface area contributed by atoms with Gasteiger partial charge in [-0.15, -0.1) is 0 Å². The Morgan fingerprint density at radius 1 is 1.07 bits per heavy atom. The van der Waals surface area contributed by atoms with E-state index in [0.29, 0.717) is 5.75 Å². The molecule has 2 aromatic rings. The first kappa shape index (κ1) is 22.8. The highest BCUT2D eigenvalue weighted by molar-refractivity contribution is 6.89. The zero-order chi connectivity index (χ0) is 20.7. The molecule has 0 saturated heterocycles. The maximum absolute atomic E-state index is 10.0. The van der Waals surface area contributed by atoms with Crippen molar-refractivity contribution in [2.75, 3.05) is 6.23 Å². The van der Waals surface area contributed by atoms with Gasteiger partial charge in [-0.25, -0.2) is 0 Å². The van der Waals surface area contributed by atoms with E-state index in [0.717, 1.165) is 17.5 Å². The van der Waals surface area contributed by atoms with E-state index in [2.05, 4.69) is 58.1 Å². The predicted octanol–water partition coefficient (Wildman–Crippen LogP) is 4.70. The number of aromatic hydroxyl groups is 1. The van der Waals surface area contributed by atoms with Crippen LogP contribution in [-0.4, -0.2) is 30.5 Å². The molecule has 2 aromatic carbocycles. The van der Waals surface area contributed by atoms with Crippen molar-refractivity contribution in [1.82, 2.24) is 0 Å². The second-order valence-corrected chi connectivity index (χ2v) is 12.8. The molecule has 0 radical (unpaired) electrons. The molecule has 2 N–H and O–H groups in total. The zero-order valence-electron chi connectivity index (χ0n) is 17.2. The van der Waals surface area contributed by atoms with Crippen molar-refractivity contribution in [3.05, 3.63) is 54.1 Å². The highest BCUT2D eigenvalue weighted by Crippen LogP contribution is 2.33.